The van der Waals surface area contributed by atoms with Gasteiger partial charge in [-0.3, -0.25) is 19.3 Å². The zero-order valence-corrected chi connectivity index (χ0v) is 19.0. The minimum absolute atomic E-state index is 0.219. The summed E-state index contributed by atoms with van der Waals surface area (Å²) in [4.78, 5) is 55.8. The Morgan fingerprint density at radius 3 is 2.00 bits per heavy atom. The number of ketones is 1. The number of hydrogen-bond acceptors (Lipinski definition) is 4. The predicted molar refractivity (Wildman–Crippen MR) is 132 cm³/mol. The Kier molecular flexibility index (Phi) is 5.49. The fourth-order valence-corrected chi connectivity index (χ4v) is 4.49. The molecular weight excluding hydrogens is 440 g/mol. The lowest BCUT2D eigenvalue weighted by molar-refractivity contribution is -0.131. The molecule has 35 heavy (non-hydrogen) atoms. The molecule has 4 aromatic rings. The Morgan fingerprint density at radius 1 is 0.714 bits per heavy atom. The van der Waals surface area contributed by atoms with E-state index in [0.717, 1.165) is 10.8 Å². The summed E-state index contributed by atoms with van der Waals surface area (Å²) >= 11 is 0. The second kappa shape index (κ2) is 8.65. The molecule has 0 N–H and O–H groups in total. The van der Waals surface area contributed by atoms with Gasteiger partial charge < -0.3 is 0 Å². The number of Topliss-reactive ketones (excluding diaryl/α,β-unsaturated/α-hetero) is 1. The summed E-state index contributed by atoms with van der Waals surface area (Å²) < 4.78 is 0. The first-order chi connectivity index (χ1) is 16.9. The normalized spacial score (nSPS) is 17.7. The molecule has 0 spiro atoms. The van der Waals surface area contributed by atoms with Crippen molar-refractivity contribution in [2.45, 2.75) is 12.5 Å². The van der Waals surface area contributed by atoms with Crippen LogP contribution in [0.5, 0.6) is 0 Å². The molecule has 0 saturated carbocycles. The van der Waals surface area contributed by atoms with Gasteiger partial charge in [-0.05, 0) is 35.4 Å². The maximum atomic E-state index is 13.8. The Morgan fingerprint density at radius 2 is 1.31 bits per heavy atom. The van der Waals surface area contributed by atoms with Crippen LogP contribution in [0.3, 0.4) is 0 Å². The van der Waals surface area contributed by atoms with Gasteiger partial charge in [-0.2, -0.15) is 4.90 Å². The molecule has 0 aliphatic carbocycles. The van der Waals surface area contributed by atoms with Gasteiger partial charge in [-0.15, -0.1) is 0 Å². The van der Waals surface area contributed by atoms with Gasteiger partial charge in [-0.25, -0.2) is 4.79 Å². The Balaban J connectivity index is 1.56. The van der Waals surface area contributed by atoms with E-state index in [0.29, 0.717) is 16.0 Å². The van der Waals surface area contributed by atoms with Crippen LogP contribution in [-0.4, -0.2) is 40.0 Å². The van der Waals surface area contributed by atoms with Gasteiger partial charge in [0.25, 0.3) is 11.8 Å². The van der Waals surface area contributed by atoms with Crippen molar-refractivity contribution in [2.75, 3.05) is 6.54 Å². The summed E-state index contributed by atoms with van der Waals surface area (Å²) in [6, 6.07) is 29.1. The first kappa shape index (κ1) is 22.2. The number of urea groups is 1. The number of hydrogen-bond donors (Lipinski definition) is 0. The van der Waals surface area contributed by atoms with Crippen LogP contribution in [0.1, 0.15) is 33.2 Å². The number of fused-ring (bicyclic) bond motifs is 1. The molecule has 1 aliphatic rings. The third kappa shape index (κ3) is 3.69. The van der Waals surface area contributed by atoms with E-state index in [1.54, 1.807) is 85.8 Å². The minimum atomic E-state index is -1.52. The van der Waals surface area contributed by atoms with Gasteiger partial charge in [0.1, 0.15) is 5.54 Å². The van der Waals surface area contributed by atoms with Crippen LogP contribution in [0, 0.1) is 0 Å². The van der Waals surface area contributed by atoms with E-state index < -0.39 is 23.4 Å². The van der Waals surface area contributed by atoms with Crippen LogP contribution in [0.15, 0.2) is 103 Å². The van der Waals surface area contributed by atoms with Gasteiger partial charge in [0, 0.05) is 11.1 Å². The molecule has 1 unspecified atom stereocenters. The van der Waals surface area contributed by atoms with Gasteiger partial charge in [0.15, 0.2) is 5.78 Å². The highest BCUT2D eigenvalue weighted by Crippen LogP contribution is 2.38. The minimum Gasteiger partial charge on any atom is -0.298 e. The fraction of sp³-hybridized carbons (Fsp3) is 0.103. The van der Waals surface area contributed by atoms with E-state index in [1.807, 2.05) is 24.3 Å². The maximum Gasteiger partial charge on any atom is 0.335 e. The van der Waals surface area contributed by atoms with E-state index >= 15 is 0 Å². The summed E-state index contributed by atoms with van der Waals surface area (Å²) in [5.74, 6) is -1.73. The number of nitrogens with zero attached hydrogens (tertiary/aromatic N) is 2. The smallest absolute Gasteiger partial charge is 0.298 e. The summed E-state index contributed by atoms with van der Waals surface area (Å²) in [6.07, 6.45) is 0. The molecule has 6 nitrogen and oxygen atoms in total. The first-order valence-electron chi connectivity index (χ1n) is 11.2. The molecule has 1 heterocycles. The van der Waals surface area contributed by atoms with Crippen LogP contribution < -0.4 is 0 Å². The lowest BCUT2D eigenvalue weighted by Crippen LogP contribution is -2.46. The summed E-state index contributed by atoms with van der Waals surface area (Å²) in [5.41, 5.74) is -0.359. The van der Waals surface area contributed by atoms with E-state index in [9.17, 15) is 19.2 Å². The van der Waals surface area contributed by atoms with Crippen molar-refractivity contribution >= 4 is 34.4 Å². The maximum absolute atomic E-state index is 13.8. The summed E-state index contributed by atoms with van der Waals surface area (Å²) in [6.45, 7) is 1.23. The van der Waals surface area contributed by atoms with Gasteiger partial charge in [-0.1, -0.05) is 91.0 Å². The molecule has 0 radical (unpaired) electrons. The SMILES string of the molecule is CC1(c2ccccc2)C(=O)N(C(=O)c2ccc3ccccc3c2)C(=O)N1CC(=O)c1ccccc1. The molecule has 1 saturated heterocycles. The molecule has 0 bridgehead atoms. The van der Waals surface area contributed by atoms with Crippen molar-refractivity contribution in [3.63, 3.8) is 0 Å². The largest absolute Gasteiger partial charge is 0.335 e. The number of amides is 4. The highest BCUT2D eigenvalue weighted by molar-refractivity contribution is 6.23. The lowest BCUT2D eigenvalue weighted by Gasteiger charge is -2.31. The highest BCUT2D eigenvalue weighted by Gasteiger charge is 2.58. The monoisotopic (exact) mass is 462 g/mol. The van der Waals surface area contributed by atoms with E-state index in [1.165, 1.54) is 4.90 Å². The quantitative estimate of drug-likeness (QED) is 0.237. The average Bonchev–Trinajstić information content (AvgIpc) is 3.09. The number of imide groups is 3. The molecule has 0 aromatic heterocycles. The van der Waals surface area contributed by atoms with Crippen LogP contribution in [-0.2, 0) is 10.3 Å². The average molecular weight is 463 g/mol. The van der Waals surface area contributed by atoms with Crippen molar-refractivity contribution in [2.24, 2.45) is 0 Å². The van der Waals surface area contributed by atoms with Gasteiger partial charge in [0.2, 0.25) is 0 Å². The van der Waals surface area contributed by atoms with Crippen molar-refractivity contribution in [1.29, 1.82) is 0 Å². The van der Waals surface area contributed by atoms with Crippen molar-refractivity contribution in [3.8, 4) is 0 Å². The van der Waals surface area contributed by atoms with Gasteiger partial charge in [0.05, 0.1) is 6.54 Å². The third-order valence-corrected chi connectivity index (χ3v) is 6.51. The standard InChI is InChI=1S/C29H22N2O4/c1-29(24-14-6-3-7-15-24)27(34)31(26(33)23-17-16-20-10-8-9-13-22(20)18-23)28(35)30(29)19-25(32)21-11-4-2-5-12-21/h2-18H,19H2,1H3. The van der Waals surface area contributed by atoms with Crippen LogP contribution >= 0.6 is 0 Å². The summed E-state index contributed by atoms with van der Waals surface area (Å²) in [7, 11) is 0. The van der Waals surface area contributed by atoms with Gasteiger partial charge >= 0.3 is 6.03 Å². The predicted octanol–water partition coefficient (Wildman–Crippen LogP) is 5.04. The molecule has 4 amide bonds. The Bertz CT molecular complexity index is 1470. The number of carbonyl (C=O) groups is 4. The van der Waals surface area contributed by atoms with E-state index in [4.69, 9.17) is 0 Å². The molecule has 172 valence electrons. The molecule has 5 rings (SSSR count). The molecular formula is C29H22N2O4. The number of rotatable bonds is 5. The second-order valence-corrected chi connectivity index (χ2v) is 8.60. The first-order valence-corrected chi connectivity index (χ1v) is 11.2. The Labute approximate surface area is 202 Å². The van der Waals surface area contributed by atoms with E-state index in [2.05, 4.69) is 0 Å². The van der Waals surface area contributed by atoms with Crippen molar-refractivity contribution in [1.82, 2.24) is 9.80 Å². The zero-order chi connectivity index (χ0) is 24.6. The van der Waals surface area contributed by atoms with Crippen molar-refractivity contribution < 1.29 is 19.2 Å². The molecule has 1 fully saturated rings. The zero-order valence-electron chi connectivity index (χ0n) is 19.0. The molecule has 1 atom stereocenters. The molecule has 4 aromatic carbocycles. The number of carbonyl (C=O) groups excluding carboxylic acids is 4. The van der Waals surface area contributed by atoms with E-state index in [-0.39, 0.29) is 17.9 Å². The topological polar surface area (TPSA) is 74.8 Å². The second-order valence-electron chi connectivity index (χ2n) is 8.60. The van der Waals surface area contributed by atoms with Crippen LogP contribution in [0.25, 0.3) is 10.8 Å². The third-order valence-electron chi connectivity index (χ3n) is 6.51. The molecule has 1 aliphatic heterocycles. The lowest BCUT2D eigenvalue weighted by atomic mass is 9.90. The number of benzene rings is 4. The highest BCUT2D eigenvalue weighted by atomic mass is 16.2. The fourth-order valence-electron chi connectivity index (χ4n) is 4.49. The summed E-state index contributed by atoms with van der Waals surface area (Å²) in [5, 5.41) is 1.76. The Hall–Kier alpha value is -4.58. The van der Waals surface area contributed by atoms with Crippen LogP contribution in [0.4, 0.5) is 4.79 Å². The molecule has 6 heteroatoms. The van der Waals surface area contributed by atoms with Crippen LogP contribution in [0.2, 0.25) is 0 Å². The van der Waals surface area contributed by atoms with Crippen molar-refractivity contribution in [3.05, 3.63) is 120 Å².